The number of rotatable bonds is 8. The predicted octanol–water partition coefficient (Wildman–Crippen LogP) is 3.03. The first-order valence-electron chi connectivity index (χ1n) is 10.3. The molecule has 0 aliphatic carbocycles. The highest BCUT2D eigenvalue weighted by Crippen LogP contribution is 2.34. The molecular formula is C24H28N2O5. The molecule has 3 rings (SSSR count). The maximum atomic E-state index is 12.9. The summed E-state index contributed by atoms with van der Waals surface area (Å²) in [5, 5.41) is 2.74. The van der Waals surface area contributed by atoms with Gasteiger partial charge in [0.2, 0.25) is 11.8 Å². The summed E-state index contributed by atoms with van der Waals surface area (Å²) in [5.74, 6) is 1.62. The highest BCUT2D eigenvalue weighted by atomic mass is 16.6. The van der Waals surface area contributed by atoms with Crippen LogP contribution in [-0.4, -0.2) is 49.6 Å². The summed E-state index contributed by atoms with van der Waals surface area (Å²) < 4.78 is 16.5. The van der Waals surface area contributed by atoms with E-state index in [0.717, 1.165) is 16.9 Å². The number of amides is 2. The fourth-order valence-electron chi connectivity index (χ4n) is 3.29. The van der Waals surface area contributed by atoms with Gasteiger partial charge in [-0.05, 0) is 43.7 Å². The van der Waals surface area contributed by atoms with Crippen LogP contribution in [0.5, 0.6) is 17.2 Å². The molecule has 1 aliphatic rings. The molecule has 1 heterocycles. The highest BCUT2D eigenvalue weighted by molar-refractivity contribution is 5.95. The van der Waals surface area contributed by atoms with E-state index in [4.69, 9.17) is 14.2 Å². The Balaban J connectivity index is 1.59. The Morgan fingerprint density at radius 1 is 1.16 bits per heavy atom. The van der Waals surface area contributed by atoms with Crippen molar-refractivity contribution in [2.75, 3.05) is 26.9 Å². The number of methoxy groups -OCH3 is 1. The third-order valence-corrected chi connectivity index (χ3v) is 4.97. The molecule has 0 fully saturated rings. The molecule has 1 aliphatic heterocycles. The molecular weight excluding hydrogens is 396 g/mol. The van der Waals surface area contributed by atoms with E-state index in [-0.39, 0.29) is 11.8 Å². The van der Waals surface area contributed by atoms with Gasteiger partial charge >= 0.3 is 0 Å². The van der Waals surface area contributed by atoms with Crippen molar-refractivity contribution in [1.29, 1.82) is 0 Å². The van der Waals surface area contributed by atoms with Crippen LogP contribution in [0.3, 0.4) is 0 Å². The van der Waals surface area contributed by atoms with Gasteiger partial charge in [-0.25, -0.2) is 0 Å². The number of nitrogens with zero attached hydrogens (tertiary/aromatic N) is 1. The lowest BCUT2D eigenvalue weighted by Crippen LogP contribution is -2.46. The number of nitrogens with one attached hydrogen (secondary N) is 1. The zero-order valence-corrected chi connectivity index (χ0v) is 18.1. The van der Waals surface area contributed by atoms with Gasteiger partial charge in [-0.15, -0.1) is 0 Å². The number of likely N-dealkylation sites (N-methyl/N-ethyl adjacent to an activating group) is 1. The summed E-state index contributed by atoms with van der Waals surface area (Å²) in [4.78, 5) is 26.9. The second-order valence-electron chi connectivity index (χ2n) is 7.13. The van der Waals surface area contributed by atoms with Gasteiger partial charge < -0.3 is 24.4 Å². The summed E-state index contributed by atoms with van der Waals surface area (Å²) in [7, 11) is 1.60. The largest absolute Gasteiger partial charge is 0.497 e. The van der Waals surface area contributed by atoms with Crippen LogP contribution in [0.15, 0.2) is 48.5 Å². The van der Waals surface area contributed by atoms with Gasteiger partial charge in [0, 0.05) is 24.7 Å². The van der Waals surface area contributed by atoms with E-state index in [1.807, 2.05) is 49.4 Å². The number of benzene rings is 2. The van der Waals surface area contributed by atoms with Crippen molar-refractivity contribution in [1.82, 2.24) is 10.2 Å². The van der Waals surface area contributed by atoms with Crippen molar-refractivity contribution in [3.63, 3.8) is 0 Å². The second-order valence-corrected chi connectivity index (χ2v) is 7.13. The summed E-state index contributed by atoms with van der Waals surface area (Å²) in [5.41, 5.74) is 1.74. The zero-order chi connectivity index (χ0) is 22.2. The van der Waals surface area contributed by atoms with Crippen LogP contribution in [0, 0.1) is 0 Å². The molecule has 0 radical (unpaired) electrons. The molecule has 1 N–H and O–H groups in total. The van der Waals surface area contributed by atoms with Gasteiger partial charge in [0.1, 0.15) is 25.0 Å². The van der Waals surface area contributed by atoms with Crippen molar-refractivity contribution in [2.45, 2.75) is 26.4 Å². The van der Waals surface area contributed by atoms with Crippen LogP contribution in [0.1, 0.15) is 25.0 Å². The van der Waals surface area contributed by atoms with Crippen molar-refractivity contribution in [3.05, 3.63) is 59.7 Å². The first-order valence-corrected chi connectivity index (χ1v) is 10.3. The third kappa shape index (κ3) is 5.78. The molecule has 0 saturated heterocycles. The molecule has 2 aromatic rings. The Bertz CT molecular complexity index is 939. The maximum Gasteiger partial charge on any atom is 0.245 e. The minimum Gasteiger partial charge on any atom is -0.497 e. The lowest BCUT2D eigenvalue weighted by molar-refractivity contribution is -0.135. The summed E-state index contributed by atoms with van der Waals surface area (Å²) >= 11 is 0. The summed E-state index contributed by atoms with van der Waals surface area (Å²) in [6, 6.07) is 12.3. The van der Waals surface area contributed by atoms with E-state index in [9.17, 15) is 9.59 Å². The Hall–Kier alpha value is -3.48. The molecule has 1 atom stereocenters. The normalized spacial score (nSPS) is 13.5. The number of hydrogen-bond acceptors (Lipinski definition) is 5. The van der Waals surface area contributed by atoms with Gasteiger partial charge in [-0.2, -0.15) is 0 Å². The van der Waals surface area contributed by atoms with E-state index >= 15 is 0 Å². The van der Waals surface area contributed by atoms with Gasteiger partial charge in [-0.1, -0.05) is 24.3 Å². The van der Waals surface area contributed by atoms with E-state index in [1.165, 1.54) is 6.08 Å². The van der Waals surface area contributed by atoms with Crippen LogP contribution in [0.2, 0.25) is 0 Å². The average molecular weight is 424 g/mol. The van der Waals surface area contributed by atoms with Gasteiger partial charge in [-0.3, -0.25) is 9.59 Å². The number of fused-ring (bicyclic) bond motifs is 1. The van der Waals surface area contributed by atoms with Crippen molar-refractivity contribution in [3.8, 4) is 17.2 Å². The number of ether oxygens (including phenoxy) is 3. The fraction of sp³-hybridized carbons (Fsp3) is 0.333. The Morgan fingerprint density at radius 3 is 2.61 bits per heavy atom. The fourth-order valence-corrected chi connectivity index (χ4v) is 3.29. The maximum absolute atomic E-state index is 12.9. The van der Waals surface area contributed by atoms with E-state index in [2.05, 4.69) is 5.32 Å². The molecule has 31 heavy (non-hydrogen) atoms. The second kappa shape index (κ2) is 10.5. The molecule has 7 heteroatoms. The van der Waals surface area contributed by atoms with Crippen molar-refractivity contribution in [2.24, 2.45) is 0 Å². The van der Waals surface area contributed by atoms with Crippen LogP contribution < -0.4 is 19.5 Å². The smallest absolute Gasteiger partial charge is 0.245 e. The third-order valence-electron chi connectivity index (χ3n) is 4.97. The van der Waals surface area contributed by atoms with Crippen molar-refractivity contribution < 1.29 is 23.8 Å². The molecule has 2 aromatic carbocycles. The highest BCUT2D eigenvalue weighted by Gasteiger charge is 2.23. The molecule has 0 aromatic heterocycles. The van der Waals surface area contributed by atoms with Gasteiger partial charge in [0.15, 0.2) is 11.5 Å². The lowest BCUT2D eigenvalue weighted by Gasteiger charge is -2.27. The lowest BCUT2D eigenvalue weighted by atomic mass is 10.1. The molecule has 2 amide bonds. The number of carbonyl (C=O) groups is 2. The Labute approximate surface area is 182 Å². The first-order chi connectivity index (χ1) is 15.0. The van der Waals surface area contributed by atoms with Crippen LogP contribution in [0.4, 0.5) is 0 Å². The summed E-state index contributed by atoms with van der Waals surface area (Å²) in [6.07, 6.45) is 3.11. The molecule has 0 saturated carbocycles. The van der Waals surface area contributed by atoms with E-state index < -0.39 is 6.04 Å². The Morgan fingerprint density at radius 2 is 1.90 bits per heavy atom. The predicted molar refractivity (Wildman–Crippen MR) is 118 cm³/mol. The molecule has 164 valence electrons. The van der Waals surface area contributed by atoms with E-state index in [1.54, 1.807) is 25.0 Å². The standard InChI is InChI=1S/C24H28N2O5/c1-4-26(16-19-6-5-7-21-23(19)31-15-14-30-21)24(28)17(2)25-22(27)13-10-18-8-11-20(29-3)12-9-18/h5-13,17H,4,14-16H2,1-3H3,(H,25,27)/b13-10+. The molecule has 0 bridgehead atoms. The minimum atomic E-state index is -0.662. The number of carbonyl (C=O) groups excluding carboxylic acids is 2. The summed E-state index contributed by atoms with van der Waals surface area (Å²) in [6.45, 7) is 5.47. The zero-order valence-electron chi connectivity index (χ0n) is 18.1. The van der Waals surface area contributed by atoms with Crippen LogP contribution in [0.25, 0.3) is 6.08 Å². The number of para-hydroxylation sites is 1. The van der Waals surface area contributed by atoms with Crippen LogP contribution in [-0.2, 0) is 16.1 Å². The number of hydrogen-bond donors (Lipinski definition) is 1. The monoisotopic (exact) mass is 424 g/mol. The van der Waals surface area contributed by atoms with Gasteiger partial charge in [0.25, 0.3) is 0 Å². The van der Waals surface area contributed by atoms with Crippen molar-refractivity contribution >= 4 is 17.9 Å². The molecule has 1 unspecified atom stereocenters. The SMILES string of the molecule is CCN(Cc1cccc2c1OCCO2)C(=O)C(C)NC(=O)/C=C/c1ccc(OC)cc1. The minimum absolute atomic E-state index is 0.164. The van der Waals surface area contributed by atoms with Crippen LogP contribution >= 0.6 is 0 Å². The quantitative estimate of drug-likeness (QED) is 0.659. The molecule has 0 spiro atoms. The van der Waals surface area contributed by atoms with Gasteiger partial charge in [0.05, 0.1) is 7.11 Å². The molecule has 7 nitrogen and oxygen atoms in total. The first kappa shape index (κ1) is 22.2. The average Bonchev–Trinajstić information content (AvgIpc) is 2.81. The Kier molecular flexibility index (Phi) is 7.54. The van der Waals surface area contributed by atoms with E-state index in [0.29, 0.717) is 37.8 Å². The topological polar surface area (TPSA) is 77.1 Å².